The zero-order valence-corrected chi connectivity index (χ0v) is 15.3. The summed E-state index contributed by atoms with van der Waals surface area (Å²) in [6, 6.07) is 4.84. The fourth-order valence-corrected chi connectivity index (χ4v) is 4.26. The third kappa shape index (κ3) is 3.80. The molecule has 0 spiro atoms. The fourth-order valence-electron chi connectivity index (χ4n) is 4.14. The van der Waals surface area contributed by atoms with E-state index in [1.807, 2.05) is 11.0 Å². The Kier molecular flexibility index (Phi) is 5.02. The van der Waals surface area contributed by atoms with Crippen LogP contribution in [0.2, 0.25) is 5.02 Å². The highest BCUT2D eigenvalue weighted by molar-refractivity contribution is 6.30. The van der Waals surface area contributed by atoms with E-state index >= 15 is 0 Å². The predicted molar refractivity (Wildman–Crippen MR) is 93.6 cm³/mol. The predicted octanol–water partition coefficient (Wildman–Crippen LogP) is 2.04. The Labute approximate surface area is 152 Å². The van der Waals surface area contributed by atoms with Gasteiger partial charge in [-0.25, -0.2) is 4.39 Å². The topological polar surface area (TPSA) is 52.7 Å². The van der Waals surface area contributed by atoms with Crippen LogP contribution in [0.15, 0.2) is 18.2 Å². The van der Waals surface area contributed by atoms with Crippen molar-refractivity contribution in [3.05, 3.63) is 34.6 Å². The van der Waals surface area contributed by atoms with E-state index in [-0.39, 0.29) is 28.3 Å². The first-order valence-electron chi connectivity index (χ1n) is 8.49. The number of amides is 2. The van der Waals surface area contributed by atoms with Crippen LogP contribution >= 0.6 is 11.6 Å². The van der Waals surface area contributed by atoms with Crippen molar-refractivity contribution in [3.63, 3.8) is 0 Å². The first-order valence-corrected chi connectivity index (χ1v) is 8.87. The molecule has 0 aromatic heterocycles. The number of nitrogens with zero attached hydrogens (tertiary/aromatic N) is 2. The first-order chi connectivity index (χ1) is 11.8. The Hall–Kier alpha value is -1.66. The van der Waals surface area contributed by atoms with Crippen LogP contribution in [0.1, 0.15) is 25.8 Å². The summed E-state index contributed by atoms with van der Waals surface area (Å²) in [5.74, 6) is -0.239. The van der Waals surface area contributed by atoms with Gasteiger partial charge < -0.3 is 10.2 Å². The van der Waals surface area contributed by atoms with E-state index < -0.39 is 5.82 Å². The van der Waals surface area contributed by atoms with E-state index in [9.17, 15) is 14.0 Å². The molecular formula is C18H23ClFN3O2. The van der Waals surface area contributed by atoms with Crippen molar-refractivity contribution < 1.29 is 14.0 Å². The van der Waals surface area contributed by atoms with Gasteiger partial charge in [0, 0.05) is 52.5 Å². The molecule has 7 heteroatoms. The van der Waals surface area contributed by atoms with Crippen molar-refractivity contribution in [2.45, 2.75) is 32.4 Å². The summed E-state index contributed by atoms with van der Waals surface area (Å²) in [5, 5.41) is 3.26. The number of hydrogen-bond donors (Lipinski definition) is 1. The highest BCUT2D eigenvalue weighted by atomic mass is 35.5. The summed E-state index contributed by atoms with van der Waals surface area (Å²) in [4.78, 5) is 27.5. The minimum atomic E-state index is -0.421. The van der Waals surface area contributed by atoms with Gasteiger partial charge in [-0.2, -0.15) is 0 Å². The molecule has 1 N–H and O–H groups in total. The molecule has 2 fully saturated rings. The maximum Gasteiger partial charge on any atom is 0.219 e. The Balaban J connectivity index is 1.76. The molecule has 3 rings (SSSR count). The molecule has 0 saturated carbocycles. The first kappa shape index (κ1) is 18.1. The molecule has 5 nitrogen and oxygen atoms in total. The van der Waals surface area contributed by atoms with Gasteiger partial charge in [-0.05, 0) is 24.1 Å². The molecule has 136 valence electrons. The lowest BCUT2D eigenvalue weighted by atomic mass is 9.80. The van der Waals surface area contributed by atoms with Gasteiger partial charge in [0.2, 0.25) is 11.8 Å². The molecule has 2 aliphatic heterocycles. The summed E-state index contributed by atoms with van der Waals surface area (Å²) in [6.07, 6.45) is 0.738. The maximum atomic E-state index is 13.7. The third-order valence-corrected chi connectivity index (χ3v) is 5.60. The van der Waals surface area contributed by atoms with E-state index in [0.717, 1.165) is 18.5 Å². The van der Waals surface area contributed by atoms with Gasteiger partial charge in [0.05, 0.1) is 10.6 Å². The summed E-state index contributed by atoms with van der Waals surface area (Å²) < 4.78 is 13.7. The second-order valence-electron chi connectivity index (χ2n) is 7.17. The Morgan fingerprint density at radius 1 is 1.36 bits per heavy atom. The fraction of sp³-hybridized carbons (Fsp3) is 0.556. The monoisotopic (exact) mass is 367 g/mol. The average molecular weight is 368 g/mol. The summed E-state index contributed by atoms with van der Waals surface area (Å²) in [6.45, 7) is 6.44. The zero-order valence-electron chi connectivity index (χ0n) is 14.5. The average Bonchev–Trinajstić information content (AvgIpc) is 2.86. The zero-order chi connectivity index (χ0) is 18.2. The van der Waals surface area contributed by atoms with E-state index in [0.29, 0.717) is 26.2 Å². The molecule has 0 radical (unpaired) electrons. The quantitative estimate of drug-likeness (QED) is 0.889. The van der Waals surface area contributed by atoms with Crippen molar-refractivity contribution in [1.82, 2.24) is 15.1 Å². The molecule has 2 atom stereocenters. The summed E-state index contributed by atoms with van der Waals surface area (Å²) >= 11 is 5.75. The van der Waals surface area contributed by atoms with Gasteiger partial charge in [0.15, 0.2) is 0 Å². The molecule has 1 aromatic carbocycles. The van der Waals surface area contributed by atoms with Gasteiger partial charge in [-0.1, -0.05) is 17.7 Å². The maximum absolute atomic E-state index is 13.7. The molecule has 0 unspecified atom stereocenters. The smallest absolute Gasteiger partial charge is 0.219 e. The largest absolute Gasteiger partial charge is 0.349 e. The van der Waals surface area contributed by atoms with Crippen molar-refractivity contribution >= 4 is 23.4 Å². The second kappa shape index (κ2) is 6.92. The highest BCUT2D eigenvalue weighted by Gasteiger charge is 2.50. The molecule has 2 amide bonds. The Bertz CT molecular complexity index is 699. The van der Waals surface area contributed by atoms with Gasteiger partial charge in [-0.3, -0.25) is 14.5 Å². The number of halogens is 2. The third-order valence-electron chi connectivity index (χ3n) is 5.29. The minimum Gasteiger partial charge on any atom is -0.349 e. The number of likely N-dealkylation sites (tertiary alicyclic amines) is 2. The van der Waals surface area contributed by atoms with Crippen LogP contribution in [0, 0.1) is 11.7 Å². The number of fused-ring (bicyclic) bond motifs is 1. The van der Waals surface area contributed by atoms with Crippen LogP contribution < -0.4 is 5.32 Å². The van der Waals surface area contributed by atoms with E-state index in [1.165, 1.54) is 13.0 Å². The van der Waals surface area contributed by atoms with Gasteiger partial charge >= 0.3 is 0 Å². The number of benzene rings is 1. The lowest BCUT2D eigenvalue weighted by Gasteiger charge is -2.43. The molecular weight excluding hydrogens is 345 g/mol. The summed E-state index contributed by atoms with van der Waals surface area (Å²) in [5.41, 5.74) is 0.532. The number of hydrogen-bond acceptors (Lipinski definition) is 3. The molecule has 25 heavy (non-hydrogen) atoms. The Morgan fingerprint density at radius 3 is 2.76 bits per heavy atom. The van der Waals surface area contributed by atoms with E-state index in [4.69, 9.17) is 11.6 Å². The lowest BCUT2D eigenvalue weighted by molar-refractivity contribution is -0.132. The van der Waals surface area contributed by atoms with Crippen LogP contribution in [-0.2, 0) is 16.1 Å². The molecule has 0 bridgehead atoms. The van der Waals surface area contributed by atoms with Crippen molar-refractivity contribution in [2.75, 3.05) is 26.2 Å². The van der Waals surface area contributed by atoms with Gasteiger partial charge in [0.25, 0.3) is 0 Å². The SMILES string of the molecule is CC(=O)N[C@@]12CCN(C(C)=O)C[C@@H]1CN(Cc1ccc(Cl)c(F)c1)C2. The molecule has 1 aromatic rings. The highest BCUT2D eigenvalue weighted by Crippen LogP contribution is 2.36. The van der Waals surface area contributed by atoms with Gasteiger partial charge in [0.1, 0.15) is 5.82 Å². The number of carbonyl (C=O) groups excluding carboxylic acids is 2. The number of rotatable bonds is 3. The van der Waals surface area contributed by atoms with Crippen LogP contribution in [0.5, 0.6) is 0 Å². The van der Waals surface area contributed by atoms with Crippen LogP contribution in [0.4, 0.5) is 4.39 Å². The van der Waals surface area contributed by atoms with Crippen molar-refractivity contribution in [3.8, 4) is 0 Å². The van der Waals surface area contributed by atoms with Gasteiger partial charge in [-0.15, -0.1) is 0 Å². The van der Waals surface area contributed by atoms with Crippen molar-refractivity contribution in [1.29, 1.82) is 0 Å². The molecule has 0 aliphatic carbocycles. The Morgan fingerprint density at radius 2 is 2.12 bits per heavy atom. The number of carbonyl (C=O) groups is 2. The number of nitrogens with one attached hydrogen (secondary N) is 1. The number of piperidine rings is 1. The lowest BCUT2D eigenvalue weighted by Crippen LogP contribution is -2.61. The molecule has 2 saturated heterocycles. The second-order valence-corrected chi connectivity index (χ2v) is 7.57. The minimum absolute atomic E-state index is 0.0549. The van der Waals surface area contributed by atoms with Crippen molar-refractivity contribution in [2.24, 2.45) is 5.92 Å². The summed E-state index contributed by atoms with van der Waals surface area (Å²) in [7, 11) is 0. The van der Waals surface area contributed by atoms with Crippen LogP contribution in [-0.4, -0.2) is 53.3 Å². The van der Waals surface area contributed by atoms with Crippen LogP contribution in [0.25, 0.3) is 0 Å². The molecule has 2 heterocycles. The van der Waals surface area contributed by atoms with E-state index in [2.05, 4.69) is 10.2 Å². The standard InChI is InChI=1S/C18H23ClFN3O2/c1-12(24)21-18-5-6-23(13(2)25)10-15(18)9-22(11-18)8-14-3-4-16(19)17(20)7-14/h3-4,7,15H,5-6,8-11H2,1-2H3,(H,21,24)/t15-,18+/m0/s1. The molecule has 2 aliphatic rings. The van der Waals surface area contributed by atoms with Crippen LogP contribution in [0.3, 0.4) is 0 Å². The van der Waals surface area contributed by atoms with E-state index in [1.54, 1.807) is 13.0 Å². The normalized spacial score (nSPS) is 26.4.